The van der Waals surface area contributed by atoms with Gasteiger partial charge in [-0.2, -0.15) is 0 Å². The number of carboxylic acids is 1. The second kappa shape index (κ2) is 5.58. The van der Waals surface area contributed by atoms with Crippen LogP contribution in [0.3, 0.4) is 0 Å². The highest BCUT2D eigenvalue weighted by Crippen LogP contribution is 2.17. The monoisotopic (exact) mass is 222 g/mol. The zero-order chi connectivity index (χ0) is 12.1. The van der Waals surface area contributed by atoms with Gasteiger partial charge >= 0.3 is 5.97 Å². The van der Waals surface area contributed by atoms with Crippen molar-refractivity contribution in [3.63, 3.8) is 0 Å². The summed E-state index contributed by atoms with van der Waals surface area (Å²) in [5.74, 6) is -0.996. The fourth-order valence-corrected chi connectivity index (χ4v) is 1.67. The molecule has 1 atom stereocenters. The Hall–Kier alpha value is -1.45. The minimum atomic E-state index is -0.851. The number of rotatable bonds is 5. The average molecular weight is 222 g/mol. The molecule has 0 spiro atoms. The lowest BCUT2D eigenvalue weighted by atomic mass is 10.1. The highest BCUT2D eigenvalue weighted by atomic mass is 16.4. The van der Waals surface area contributed by atoms with E-state index >= 15 is 0 Å². The molecule has 1 rings (SSSR count). The first-order valence-electron chi connectivity index (χ1n) is 5.65. The molecule has 1 aromatic rings. The van der Waals surface area contributed by atoms with Crippen LogP contribution in [0.5, 0.6) is 0 Å². The quantitative estimate of drug-likeness (QED) is 0.830. The lowest BCUT2D eigenvalue weighted by Gasteiger charge is -2.10. The predicted molar refractivity (Wildman–Crippen MR) is 61.4 cm³/mol. The molecule has 0 bridgehead atoms. The molecule has 0 amide bonds. The van der Waals surface area contributed by atoms with Gasteiger partial charge in [0.25, 0.3) is 0 Å². The lowest BCUT2D eigenvalue weighted by molar-refractivity contribution is -0.139. The fraction of sp³-hybridized carbons (Fsp3) is 0.583. The van der Waals surface area contributed by atoms with Crippen molar-refractivity contribution in [3.8, 4) is 0 Å². The van der Waals surface area contributed by atoms with Gasteiger partial charge in [0.15, 0.2) is 0 Å². The molecule has 0 aliphatic heterocycles. The fourth-order valence-electron chi connectivity index (χ4n) is 1.67. The molecule has 4 heteroatoms. The van der Waals surface area contributed by atoms with Crippen molar-refractivity contribution in [3.05, 3.63) is 23.3 Å². The van der Waals surface area contributed by atoms with Gasteiger partial charge in [-0.1, -0.05) is 20.3 Å². The number of aliphatic carboxylic acids is 1. The lowest BCUT2D eigenvalue weighted by Crippen LogP contribution is -2.15. The Labute approximate surface area is 95.7 Å². The Bertz CT molecular complexity index is 377. The van der Waals surface area contributed by atoms with Crippen molar-refractivity contribution < 1.29 is 9.90 Å². The number of aryl methyl sites for hydroxylation is 2. The van der Waals surface area contributed by atoms with E-state index in [2.05, 4.69) is 16.9 Å². The zero-order valence-corrected chi connectivity index (χ0v) is 10.0. The Balaban J connectivity index is 3.07. The molecule has 0 aliphatic rings. The second-order valence-corrected chi connectivity index (χ2v) is 3.91. The number of nitrogens with zero attached hydrogens (tertiary/aromatic N) is 2. The third-order valence-electron chi connectivity index (χ3n) is 2.45. The Morgan fingerprint density at radius 1 is 1.44 bits per heavy atom. The van der Waals surface area contributed by atoms with Gasteiger partial charge in [-0.25, -0.2) is 9.97 Å². The van der Waals surface area contributed by atoms with Gasteiger partial charge in [-0.3, -0.25) is 4.79 Å². The molecule has 4 nitrogen and oxygen atoms in total. The third-order valence-corrected chi connectivity index (χ3v) is 2.45. The average Bonchev–Trinajstić information content (AvgIpc) is 2.17. The highest BCUT2D eigenvalue weighted by Gasteiger charge is 2.21. The first-order chi connectivity index (χ1) is 7.58. The third kappa shape index (κ3) is 3.02. The van der Waals surface area contributed by atoms with Crippen molar-refractivity contribution in [2.24, 2.45) is 0 Å². The van der Waals surface area contributed by atoms with Crippen LogP contribution in [0.25, 0.3) is 0 Å². The van der Waals surface area contributed by atoms with Crippen molar-refractivity contribution in [1.29, 1.82) is 0 Å². The van der Waals surface area contributed by atoms with E-state index in [1.54, 1.807) is 0 Å². The number of aromatic nitrogens is 2. The van der Waals surface area contributed by atoms with Crippen molar-refractivity contribution >= 4 is 5.97 Å². The molecule has 88 valence electrons. The minimum absolute atomic E-state index is 0.443. The van der Waals surface area contributed by atoms with Gasteiger partial charge < -0.3 is 5.11 Å². The normalized spacial score (nSPS) is 12.4. The summed E-state index contributed by atoms with van der Waals surface area (Å²) < 4.78 is 0. The minimum Gasteiger partial charge on any atom is -0.481 e. The first-order valence-corrected chi connectivity index (χ1v) is 5.65. The van der Waals surface area contributed by atoms with Gasteiger partial charge in [0.2, 0.25) is 0 Å². The SMILES string of the molecule is CCCc1cc(C)nc(C(CC)C(=O)O)n1. The summed E-state index contributed by atoms with van der Waals surface area (Å²) in [6.07, 6.45) is 2.39. The molecule has 0 radical (unpaired) electrons. The van der Waals surface area contributed by atoms with Crippen LogP contribution in [0.15, 0.2) is 6.07 Å². The number of carboxylic acid groups (broad SMARTS) is 1. The van der Waals surface area contributed by atoms with Crippen LogP contribution < -0.4 is 0 Å². The molecule has 0 aromatic carbocycles. The topological polar surface area (TPSA) is 63.1 Å². The van der Waals surface area contributed by atoms with Crippen LogP contribution in [0.2, 0.25) is 0 Å². The van der Waals surface area contributed by atoms with E-state index in [0.717, 1.165) is 24.2 Å². The standard InChI is InChI=1S/C12H18N2O2/c1-4-6-9-7-8(3)13-11(14-9)10(5-2)12(15)16/h7,10H,4-6H2,1-3H3,(H,15,16). The number of hydrogen-bond donors (Lipinski definition) is 1. The maximum Gasteiger partial charge on any atom is 0.314 e. The molecule has 0 saturated heterocycles. The summed E-state index contributed by atoms with van der Waals surface area (Å²) in [6.45, 7) is 5.79. The Morgan fingerprint density at radius 2 is 2.12 bits per heavy atom. The first kappa shape index (κ1) is 12.6. The summed E-state index contributed by atoms with van der Waals surface area (Å²) in [4.78, 5) is 19.6. The van der Waals surface area contributed by atoms with Crippen LogP contribution in [0, 0.1) is 6.92 Å². The molecule has 1 aromatic heterocycles. The molecule has 16 heavy (non-hydrogen) atoms. The van der Waals surface area contributed by atoms with Gasteiger partial charge in [0, 0.05) is 11.4 Å². The van der Waals surface area contributed by atoms with Crippen molar-refractivity contribution in [2.75, 3.05) is 0 Å². The maximum atomic E-state index is 11.0. The van der Waals surface area contributed by atoms with E-state index in [9.17, 15) is 4.79 Å². The molecule has 0 fully saturated rings. The Morgan fingerprint density at radius 3 is 2.62 bits per heavy atom. The van der Waals surface area contributed by atoms with E-state index in [1.165, 1.54) is 0 Å². The van der Waals surface area contributed by atoms with Crippen LogP contribution in [0.1, 0.15) is 49.8 Å². The van der Waals surface area contributed by atoms with Gasteiger partial charge in [0.1, 0.15) is 11.7 Å². The molecule has 0 aliphatic carbocycles. The summed E-state index contributed by atoms with van der Waals surface area (Å²) in [5, 5.41) is 9.06. The Kier molecular flexibility index (Phi) is 4.40. The van der Waals surface area contributed by atoms with Gasteiger partial charge in [0.05, 0.1) is 0 Å². The largest absolute Gasteiger partial charge is 0.481 e. The van der Waals surface area contributed by atoms with Crippen LogP contribution >= 0.6 is 0 Å². The molecular weight excluding hydrogens is 204 g/mol. The van der Waals surface area contributed by atoms with Crippen LogP contribution in [-0.2, 0) is 11.2 Å². The molecule has 0 saturated carbocycles. The summed E-state index contributed by atoms with van der Waals surface area (Å²) in [5.41, 5.74) is 1.78. The summed E-state index contributed by atoms with van der Waals surface area (Å²) in [7, 11) is 0. The van der Waals surface area contributed by atoms with E-state index < -0.39 is 11.9 Å². The molecule has 1 N–H and O–H groups in total. The van der Waals surface area contributed by atoms with E-state index in [0.29, 0.717) is 12.2 Å². The van der Waals surface area contributed by atoms with Gasteiger partial charge in [-0.15, -0.1) is 0 Å². The summed E-state index contributed by atoms with van der Waals surface area (Å²) >= 11 is 0. The van der Waals surface area contributed by atoms with E-state index in [-0.39, 0.29) is 0 Å². The zero-order valence-electron chi connectivity index (χ0n) is 10.0. The van der Waals surface area contributed by atoms with Crippen molar-refractivity contribution in [2.45, 2.75) is 46.0 Å². The maximum absolute atomic E-state index is 11.0. The number of carbonyl (C=O) groups is 1. The van der Waals surface area contributed by atoms with E-state index in [1.807, 2.05) is 19.9 Å². The highest BCUT2D eigenvalue weighted by molar-refractivity contribution is 5.74. The molecule has 1 unspecified atom stereocenters. The molecule has 1 heterocycles. The van der Waals surface area contributed by atoms with Crippen LogP contribution in [-0.4, -0.2) is 21.0 Å². The summed E-state index contributed by atoms with van der Waals surface area (Å²) in [6, 6.07) is 1.92. The number of hydrogen-bond acceptors (Lipinski definition) is 3. The van der Waals surface area contributed by atoms with Crippen molar-refractivity contribution in [1.82, 2.24) is 9.97 Å². The second-order valence-electron chi connectivity index (χ2n) is 3.91. The smallest absolute Gasteiger partial charge is 0.314 e. The van der Waals surface area contributed by atoms with E-state index in [4.69, 9.17) is 5.11 Å². The van der Waals surface area contributed by atoms with Crippen LogP contribution in [0.4, 0.5) is 0 Å². The molecular formula is C12H18N2O2. The van der Waals surface area contributed by atoms with Gasteiger partial charge in [-0.05, 0) is 25.8 Å². The predicted octanol–water partition coefficient (Wildman–Crippen LogP) is 2.32.